The Morgan fingerprint density at radius 1 is 1.47 bits per heavy atom. The lowest BCUT2D eigenvalue weighted by Crippen LogP contribution is -2.24. The molecule has 94 valence electrons. The van der Waals surface area contributed by atoms with Gasteiger partial charge in [0.25, 0.3) is 0 Å². The molecule has 1 amide bonds. The minimum atomic E-state index is 0.0351. The van der Waals surface area contributed by atoms with Crippen LogP contribution in [0.2, 0.25) is 5.28 Å². The highest BCUT2D eigenvalue weighted by Crippen LogP contribution is 2.20. The van der Waals surface area contributed by atoms with E-state index in [2.05, 4.69) is 15.3 Å². The fraction of sp³-hybridized carbons (Fsp3) is 0.500. The number of anilines is 2. The van der Waals surface area contributed by atoms with Gasteiger partial charge in [-0.05, 0) is 18.5 Å². The summed E-state index contributed by atoms with van der Waals surface area (Å²) in [6.07, 6.45) is 0.368. The number of aryl methyl sites for hydroxylation is 1. The van der Waals surface area contributed by atoms with E-state index in [1.807, 2.05) is 0 Å². The molecule has 0 atom stereocenters. The van der Waals surface area contributed by atoms with Gasteiger partial charge in [0, 0.05) is 27.1 Å². The van der Waals surface area contributed by atoms with Crippen molar-refractivity contribution in [2.24, 2.45) is 0 Å². The lowest BCUT2D eigenvalue weighted by molar-refractivity contribution is -0.128. The largest absolute Gasteiger partial charge is 0.394 e. The topological polar surface area (TPSA) is 84.1 Å². The van der Waals surface area contributed by atoms with Crippen molar-refractivity contribution in [2.45, 2.75) is 13.3 Å². The Morgan fingerprint density at radius 2 is 2.12 bits per heavy atom. The molecule has 1 aromatic rings. The maximum Gasteiger partial charge on any atom is 0.224 e. The fourth-order valence-electron chi connectivity index (χ4n) is 1.19. The molecule has 1 rings (SSSR count). The molecule has 0 bridgehead atoms. The Bertz CT molecular complexity index is 421. The molecule has 0 aromatic carbocycles. The smallest absolute Gasteiger partial charge is 0.224 e. The second-order valence-corrected chi connectivity index (χ2v) is 4.14. The van der Waals surface area contributed by atoms with Gasteiger partial charge < -0.3 is 16.0 Å². The van der Waals surface area contributed by atoms with Gasteiger partial charge in [-0.1, -0.05) is 0 Å². The van der Waals surface area contributed by atoms with Crippen LogP contribution in [-0.4, -0.2) is 41.4 Å². The first-order chi connectivity index (χ1) is 7.91. The number of nitrogens with one attached hydrogen (secondary N) is 1. The molecule has 6 nitrogen and oxygen atoms in total. The predicted octanol–water partition coefficient (Wildman–Crippen LogP) is 0.911. The van der Waals surface area contributed by atoms with Crippen LogP contribution in [0.1, 0.15) is 12.1 Å². The molecule has 0 radical (unpaired) electrons. The van der Waals surface area contributed by atoms with Crippen molar-refractivity contribution in [2.75, 3.05) is 31.7 Å². The molecule has 0 unspecified atom stereocenters. The maximum atomic E-state index is 11.3. The highest BCUT2D eigenvalue weighted by molar-refractivity contribution is 6.28. The highest BCUT2D eigenvalue weighted by atomic mass is 35.5. The summed E-state index contributed by atoms with van der Waals surface area (Å²) in [5.41, 5.74) is 6.85. The first-order valence-electron chi connectivity index (χ1n) is 5.15. The van der Waals surface area contributed by atoms with Crippen LogP contribution in [0.5, 0.6) is 0 Å². The summed E-state index contributed by atoms with van der Waals surface area (Å²) in [7, 11) is 3.42. The van der Waals surface area contributed by atoms with E-state index in [0.29, 0.717) is 30.2 Å². The monoisotopic (exact) mass is 257 g/mol. The van der Waals surface area contributed by atoms with Gasteiger partial charge >= 0.3 is 0 Å². The molecular weight excluding hydrogens is 242 g/mol. The van der Waals surface area contributed by atoms with E-state index >= 15 is 0 Å². The lowest BCUT2D eigenvalue weighted by atomic mass is 10.3. The number of rotatable bonds is 4. The van der Waals surface area contributed by atoms with E-state index < -0.39 is 0 Å². The summed E-state index contributed by atoms with van der Waals surface area (Å²) >= 11 is 5.72. The molecule has 0 aliphatic carbocycles. The lowest BCUT2D eigenvalue weighted by Gasteiger charge is -2.12. The van der Waals surface area contributed by atoms with Crippen molar-refractivity contribution < 1.29 is 4.79 Å². The number of carbonyl (C=O) groups excluding carboxylic acids is 1. The first-order valence-corrected chi connectivity index (χ1v) is 5.53. The SMILES string of the molecule is Cc1nc(Cl)nc(NCCC(=O)N(C)C)c1N. The van der Waals surface area contributed by atoms with Gasteiger partial charge in [-0.15, -0.1) is 0 Å². The molecule has 1 heterocycles. The quantitative estimate of drug-likeness (QED) is 0.784. The zero-order valence-corrected chi connectivity index (χ0v) is 10.9. The Morgan fingerprint density at radius 3 is 2.71 bits per heavy atom. The summed E-state index contributed by atoms with van der Waals surface area (Å²) in [6.45, 7) is 2.20. The van der Waals surface area contributed by atoms with Crippen LogP contribution in [-0.2, 0) is 4.79 Å². The molecule has 3 N–H and O–H groups in total. The highest BCUT2D eigenvalue weighted by Gasteiger charge is 2.08. The summed E-state index contributed by atoms with van der Waals surface area (Å²) < 4.78 is 0. The zero-order chi connectivity index (χ0) is 13.0. The predicted molar refractivity (Wildman–Crippen MR) is 68.0 cm³/mol. The molecule has 7 heteroatoms. The van der Waals surface area contributed by atoms with E-state index in [0.717, 1.165) is 0 Å². The standard InChI is InChI=1S/C10H16ClN5O/c1-6-8(12)9(15-10(11)14-6)13-5-4-7(17)16(2)3/h4-5,12H2,1-3H3,(H,13,14,15). The number of hydrogen-bond acceptors (Lipinski definition) is 5. The third kappa shape index (κ3) is 3.74. The van der Waals surface area contributed by atoms with Crippen molar-refractivity contribution >= 4 is 29.0 Å². The molecule has 0 aliphatic rings. The molecule has 0 fully saturated rings. The van der Waals surface area contributed by atoms with Gasteiger partial charge in [0.05, 0.1) is 11.4 Å². The van der Waals surface area contributed by atoms with Crippen LogP contribution in [0.15, 0.2) is 0 Å². The van der Waals surface area contributed by atoms with E-state index in [1.54, 1.807) is 21.0 Å². The maximum absolute atomic E-state index is 11.3. The van der Waals surface area contributed by atoms with Crippen LogP contribution in [0.4, 0.5) is 11.5 Å². The van der Waals surface area contributed by atoms with Gasteiger partial charge in [0.2, 0.25) is 11.2 Å². The van der Waals surface area contributed by atoms with E-state index in [1.165, 1.54) is 4.90 Å². The van der Waals surface area contributed by atoms with Gasteiger partial charge in [0.15, 0.2) is 5.82 Å². The summed E-state index contributed by atoms with van der Waals surface area (Å²) in [6, 6.07) is 0. The number of halogens is 1. The second kappa shape index (κ2) is 5.67. The van der Waals surface area contributed by atoms with Crippen LogP contribution < -0.4 is 11.1 Å². The Kier molecular flexibility index (Phi) is 4.51. The second-order valence-electron chi connectivity index (χ2n) is 3.81. The Balaban J connectivity index is 2.61. The first kappa shape index (κ1) is 13.5. The number of aromatic nitrogens is 2. The number of nitrogens with two attached hydrogens (primary N) is 1. The Labute approximate surface area is 105 Å². The summed E-state index contributed by atoms with van der Waals surface area (Å²) in [5, 5.41) is 3.11. The fourth-order valence-corrected chi connectivity index (χ4v) is 1.40. The van der Waals surface area contributed by atoms with Crippen LogP contribution in [0.3, 0.4) is 0 Å². The van der Waals surface area contributed by atoms with E-state index in [-0.39, 0.29) is 11.2 Å². The van der Waals surface area contributed by atoms with Crippen molar-refractivity contribution in [1.82, 2.24) is 14.9 Å². The molecule has 0 aliphatic heterocycles. The average molecular weight is 258 g/mol. The third-order valence-corrected chi connectivity index (χ3v) is 2.41. The van der Waals surface area contributed by atoms with Crippen LogP contribution >= 0.6 is 11.6 Å². The number of nitrogens with zero attached hydrogens (tertiary/aromatic N) is 3. The van der Waals surface area contributed by atoms with Gasteiger partial charge in [-0.3, -0.25) is 4.79 Å². The minimum Gasteiger partial charge on any atom is -0.394 e. The number of nitrogen functional groups attached to an aromatic ring is 1. The Hall–Kier alpha value is -1.56. The van der Waals surface area contributed by atoms with Crippen LogP contribution in [0.25, 0.3) is 0 Å². The van der Waals surface area contributed by atoms with Crippen molar-refractivity contribution in [1.29, 1.82) is 0 Å². The number of carbonyl (C=O) groups is 1. The number of amides is 1. The van der Waals surface area contributed by atoms with Crippen molar-refractivity contribution in [3.63, 3.8) is 0 Å². The van der Waals surface area contributed by atoms with E-state index in [9.17, 15) is 4.79 Å². The van der Waals surface area contributed by atoms with Gasteiger partial charge in [-0.2, -0.15) is 4.98 Å². The van der Waals surface area contributed by atoms with Gasteiger partial charge in [0.1, 0.15) is 0 Å². The van der Waals surface area contributed by atoms with E-state index in [4.69, 9.17) is 17.3 Å². The normalized spacial score (nSPS) is 10.1. The average Bonchev–Trinajstić information content (AvgIpc) is 2.24. The van der Waals surface area contributed by atoms with Gasteiger partial charge in [-0.25, -0.2) is 4.98 Å². The molecule has 0 spiro atoms. The molecule has 1 aromatic heterocycles. The van der Waals surface area contributed by atoms with Crippen LogP contribution in [0, 0.1) is 6.92 Å². The third-order valence-electron chi connectivity index (χ3n) is 2.24. The summed E-state index contributed by atoms with van der Waals surface area (Å²) in [5.74, 6) is 0.502. The molecule has 0 saturated carbocycles. The summed E-state index contributed by atoms with van der Waals surface area (Å²) in [4.78, 5) is 20.8. The molecular formula is C10H16ClN5O. The van der Waals surface area contributed by atoms with Crippen molar-refractivity contribution in [3.05, 3.63) is 11.0 Å². The molecule has 17 heavy (non-hydrogen) atoms. The number of hydrogen-bond donors (Lipinski definition) is 2. The molecule has 0 saturated heterocycles. The van der Waals surface area contributed by atoms with Crippen molar-refractivity contribution in [3.8, 4) is 0 Å². The minimum absolute atomic E-state index is 0.0351. The zero-order valence-electron chi connectivity index (χ0n) is 10.1.